The predicted molar refractivity (Wildman–Crippen MR) is 24.9 cm³/mol. The third-order valence-electron chi connectivity index (χ3n) is 0.641. The minimum Gasteiger partial charge on any atom is -0.165 e. The molecule has 0 unspecified atom stereocenters. The highest BCUT2D eigenvalue weighted by Crippen LogP contribution is 2.30. The molecular formula is C3HF3N2S. The van der Waals surface area contributed by atoms with Gasteiger partial charge >= 0.3 is 6.18 Å². The van der Waals surface area contributed by atoms with Crippen molar-refractivity contribution in [3.63, 3.8) is 0 Å². The predicted octanol–water partition coefficient (Wildman–Crippen LogP) is 1.56. The van der Waals surface area contributed by atoms with Crippen LogP contribution in [0, 0.1) is 0 Å². The first-order valence-corrected chi connectivity index (χ1v) is 2.72. The Balaban J connectivity index is 2.90. The van der Waals surface area contributed by atoms with Crippen molar-refractivity contribution in [3.05, 3.63) is 11.1 Å². The van der Waals surface area contributed by atoms with Gasteiger partial charge in [-0.2, -0.15) is 13.2 Å². The van der Waals surface area contributed by atoms with Gasteiger partial charge in [-0.3, -0.25) is 0 Å². The molecule has 0 spiro atoms. The van der Waals surface area contributed by atoms with Crippen LogP contribution in [0.1, 0.15) is 4.88 Å². The molecule has 1 heterocycles. The van der Waals surface area contributed by atoms with E-state index in [9.17, 15) is 13.2 Å². The molecule has 2 nitrogen and oxygen atoms in total. The molecule has 1 rings (SSSR count). The first kappa shape index (κ1) is 6.47. The van der Waals surface area contributed by atoms with Crippen molar-refractivity contribution in [3.8, 4) is 0 Å². The van der Waals surface area contributed by atoms with Crippen LogP contribution in [0.15, 0.2) is 6.20 Å². The first-order valence-electron chi connectivity index (χ1n) is 1.95. The highest BCUT2D eigenvalue weighted by atomic mass is 32.1. The van der Waals surface area contributed by atoms with Crippen LogP contribution >= 0.6 is 11.5 Å². The van der Waals surface area contributed by atoms with Crippen LogP contribution in [0.2, 0.25) is 0 Å². The lowest BCUT2D eigenvalue weighted by Gasteiger charge is -1.97. The molecule has 0 saturated heterocycles. The minimum atomic E-state index is -4.28. The van der Waals surface area contributed by atoms with Crippen molar-refractivity contribution in [2.75, 3.05) is 0 Å². The van der Waals surface area contributed by atoms with Crippen LogP contribution in [0.4, 0.5) is 13.2 Å². The van der Waals surface area contributed by atoms with Crippen LogP contribution in [0.3, 0.4) is 0 Å². The molecule has 1 aromatic heterocycles. The standard InChI is InChI=1S/C3HF3N2S/c4-3(5,6)2-1-7-8-9-2/h1H. The summed E-state index contributed by atoms with van der Waals surface area (Å²) in [6, 6.07) is 0. The quantitative estimate of drug-likeness (QED) is 0.566. The van der Waals surface area contributed by atoms with E-state index < -0.39 is 11.1 Å². The summed E-state index contributed by atoms with van der Waals surface area (Å²) in [5.74, 6) is 0. The lowest BCUT2D eigenvalue weighted by atomic mass is 10.5. The molecule has 0 radical (unpaired) electrons. The summed E-state index contributed by atoms with van der Waals surface area (Å²) >= 11 is 0.344. The van der Waals surface area contributed by atoms with E-state index in [-0.39, 0.29) is 0 Å². The molecule has 0 aliphatic rings. The van der Waals surface area contributed by atoms with E-state index in [1.807, 2.05) is 0 Å². The van der Waals surface area contributed by atoms with E-state index >= 15 is 0 Å². The van der Waals surface area contributed by atoms with Gasteiger partial charge in [0.25, 0.3) is 0 Å². The van der Waals surface area contributed by atoms with E-state index in [0.717, 1.165) is 0 Å². The molecule has 6 heteroatoms. The number of aromatic nitrogens is 2. The van der Waals surface area contributed by atoms with Gasteiger partial charge in [-0.1, -0.05) is 4.49 Å². The maximum Gasteiger partial charge on any atom is 0.428 e. The Morgan fingerprint density at radius 1 is 1.44 bits per heavy atom. The monoisotopic (exact) mass is 154 g/mol. The van der Waals surface area contributed by atoms with Gasteiger partial charge in [0.2, 0.25) is 0 Å². The molecule has 0 N–H and O–H groups in total. The lowest BCUT2D eigenvalue weighted by Crippen LogP contribution is -2.00. The maximum absolute atomic E-state index is 11.6. The number of rotatable bonds is 0. The van der Waals surface area contributed by atoms with Crippen molar-refractivity contribution in [1.29, 1.82) is 0 Å². The average molecular weight is 154 g/mol. The van der Waals surface area contributed by atoms with Crippen LogP contribution in [0.5, 0.6) is 0 Å². The summed E-state index contributed by atoms with van der Waals surface area (Å²) in [7, 11) is 0. The Morgan fingerprint density at radius 2 is 2.11 bits per heavy atom. The van der Waals surface area contributed by atoms with Crippen molar-refractivity contribution < 1.29 is 13.2 Å². The zero-order valence-electron chi connectivity index (χ0n) is 4.01. The fourth-order valence-electron chi connectivity index (χ4n) is 0.292. The zero-order valence-corrected chi connectivity index (χ0v) is 4.83. The highest BCUT2D eigenvalue weighted by Gasteiger charge is 2.32. The Labute approximate surface area is 52.5 Å². The molecule has 1 aromatic rings. The molecular weight excluding hydrogens is 153 g/mol. The van der Waals surface area contributed by atoms with E-state index in [1.54, 1.807) is 0 Å². The second-order valence-corrected chi connectivity index (χ2v) is 2.07. The van der Waals surface area contributed by atoms with Gasteiger partial charge in [0.15, 0.2) is 0 Å². The third kappa shape index (κ3) is 1.38. The Morgan fingerprint density at radius 3 is 2.33 bits per heavy atom. The fourth-order valence-corrected chi connectivity index (χ4v) is 0.672. The van der Waals surface area contributed by atoms with Crippen molar-refractivity contribution >= 4 is 11.5 Å². The Hall–Kier alpha value is -0.650. The molecule has 0 aliphatic carbocycles. The first-order chi connectivity index (χ1) is 4.11. The largest absolute Gasteiger partial charge is 0.428 e. The smallest absolute Gasteiger partial charge is 0.165 e. The highest BCUT2D eigenvalue weighted by molar-refractivity contribution is 7.05. The molecule has 0 aromatic carbocycles. The van der Waals surface area contributed by atoms with Gasteiger partial charge in [0, 0.05) is 0 Å². The van der Waals surface area contributed by atoms with Gasteiger partial charge < -0.3 is 0 Å². The molecule has 0 amide bonds. The molecule has 50 valence electrons. The van der Waals surface area contributed by atoms with E-state index in [2.05, 4.69) is 9.59 Å². The van der Waals surface area contributed by atoms with E-state index in [1.165, 1.54) is 0 Å². The fraction of sp³-hybridized carbons (Fsp3) is 0.333. The van der Waals surface area contributed by atoms with Crippen molar-refractivity contribution in [1.82, 2.24) is 9.59 Å². The Kier molecular flexibility index (Phi) is 1.40. The van der Waals surface area contributed by atoms with Crippen molar-refractivity contribution in [2.45, 2.75) is 6.18 Å². The molecule has 9 heavy (non-hydrogen) atoms. The van der Waals surface area contributed by atoms with Crippen LogP contribution in [0.25, 0.3) is 0 Å². The van der Waals surface area contributed by atoms with Crippen LogP contribution in [-0.4, -0.2) is 9.59 Å². The summed E-state index contributed by atoms with van der Waals surface area (Å²) in [4.78, 5) is -0.762. The van der Waals surface area contributed by atoms with Gasteiger partial charge in [-0.05, 0) is 11.5 Å². The second-order valence-electron chi connectivity index (χ2n) is 1.28. The zero-order chi connectivity index (χ0) is 6.91. The average Bonchev–Trinajstić information content (AvgIpc) is 2.08. The molecule has 0 atom stereocenters. The van der Waals surface area contributed by atoms with E-state index in [0.29, 0.717) is 17.7 Å². The molecule has 0 fully saturated rings. The number of alkyl halides is 3. The SMILES string of the molecule is FC(F)(F)c1cnns1. The number of hydrogen-bond acceptors (Lipinski definition) is 3. The second kappa shape index (κ2) is 1.94. The van der Waals surface area contributed by atoms with Crippen LogP contribution < -0.4 is 0 Å². The van der Waals surface area contributed by atoms with Gasteiger partial charge in [0.05, 0.1) is 6.20 Å². The molecule has 0 saturated carbocycles. The third-order valence-corrected chi connectivity index (χ3v) is 1.35. The summed E-state index contributed by atoms with van der Waals surface area (Å²) in [5, 5.41) is 3.04. The normalized spacial score (nSPS) is 11.9. The maximum atomic E-state index is 11.6. The van der Waals surface area contributed by atoms with E-state index in [4.69, 9.17) is 0 Å². The van der Waals surface area contributed by atoms with Crippen LogP contribution in [-0.2, 0) is 6.18 Å². The van der Waals surface area contributed by atoms with Crippen molar-refractivity contribution in [2.24, 2.45) is 0 Å². The summed E-state index contributed by atoms with van der Waals surface area (Å²) in [6.45, 7) is 0. The number of nitrogens with zero attached hydrogens (tertiary/aromatic N) is 2. The molecule has 0 bridgehead atoms. The Bertz CT molecular complexity index is 179. The van der Waals surface area contributed by atoms with Gasteiger partial charge in [-0.15, -0.1) is 5.10 Å². The molecule has 0 aliphatic heterocycles. The summed E-state index contributed by atoms with van der Waals surface area (Å²) < 4.78 is 37.7. The van der Waals surface area contributed by atoms with Gasteiger partial charge in [0.1, 0.15) is 4.88 Å². The van der Waals surface area contributed by atoms with Gasteiger partial charge in [-0.25, -0.2) is 0 Å². The summed E-state index contributed by atoms with van der Waals surface area (Å²) in [5.41, 5.74) is 0. The number of hydrogen-bond donors (Lipinski definition) is 0. The minimum absolute atomic E-state index is 0.344. The topological polar surface area (TPSA) is 25.8 Å². The summed E-state index contributed by atoms with van der Waals surface area (Å²) in [6.07, 6.45) is -3.58. The lowest BCUT2D eigenvalue weighted by molar-refractivity contribution is -0.134. The number of halogens is 3.